The van der Waals surface area contributed by atoms with E-state index in [1.54, 1.807) is 7.11 Å². The summed E-state index contributed by atoms with van der Waals surface area (Å²) in [5.41, 5.74) is 4.09. The van der Waals surface area contributed by atoms with E-state index in [1.807, 2.05) is 56.0 Å². The van der Waals surface area contributed by atoms with Crippen molar-refractivity contribution in [2.45, 2.75) is 32.5 Å². The largest absolute Gasteiger partial charge is 0.493 e. The smallest absolute Gasteiger partial charge is 0.233 e. The number of carbonyl (C=O) groups excluding carboxylic acids is 1. The number of amides is 1. The lowest BCUT2D eigenvalue weighted by Gasteiger charge is -2.21. The first-order valence-corrected chi connectivity index (χ1v) is 10.7. The molecule has 29 heavy (non-hydrogen) atoms. The molecule has 0 saturated carbocycles. The van der Waals surface area contributed by atoms with E-state index in [4.69, 9.17) is 9.47 Å². The third-order valence-electron chi connectivity index (χ3n) is 4.58. The number of aromatic amines is 1. The van der Waals surface area contributed by atoms with Gasteiger partial charge in [-0.2, -0.15) is 0 Å². The Bertz CT molecular complexity index is 987. The lowest BCUT2D eigenvalue weighted by Crippen LogP contribution is -2.31. The molecule has 7 heteroatoms. The Hall–Kier alpha value is -2.67. The van der Waals surface area contributed by atoms with E-state index in [-0.39, 0.29) is 5.91 Å². The van der Waals surface area contributed by atoms with Gasteiger partial charge in [0, 0.05) is 13.1 Å². The molecule has 0 fully saturated rings. The van der Waals surface area contributed by atoms with E-state index in [1.165, 1.54) is 17.3 Å². The molecule has 0 aliphatic heterocycles. The van der Waals surface area contributed by atoms with E-state index in [0.717, 1.165) is 21.8 Å². The predicted octanol–water partition coefficient (Wildman–Crippen LogP) is 4.42. The van der Waals surface area contributed by atoms with E-state index in [9.17, 15) is 4.79 Å². The van der Waals surface area contributed by atoms with Gasteiger partial charge in [-0.3, -0.25) is 4.79 Å². The van der Waals surface area contributed by atoms with Crippen molar-refractivity contribution in [2.24, 2.45) is 0 Å². The standard InChI is InChI=1S/C22H27N3O3S/c1-5-25(13-16-8-10-19(28-6-2)20(12-16)27-4)21(26)14-29-22-23-17-9-7-15(3)11-18(17)24-22/h7-12H,5-6,13-14H2,1-4H3,(H,23,24). The van der Waals surface area contributed by atoms with Crippen LogP contribution in [0.25, 0.3) is 11.0 Å². The number of methoxy groups -OCH3 is 1. The number of hydrogen-bond acceptors (Lipinski definition) is 5. The molecule has 0 atom stereocenters. The van der Waals surface area contributed by atoms with Crippen LogP contribution in [0.1, 0.15) is 25.0 Å². The second kappa shape index (κ2) is 9.69. The average Bonchev–Trinajstić information content (AvgIpc) is 3.13. The SMILES string of the molecule is CCOc1ccc(CN(CC)C(=O)CSc2nc3ccc(C)cc3[nH]2)cc1OC. The Labute approximate surface area is 175 Å². The van der Waals surface area contributed by atoms with E-state index < -0.39 is 0 Å². The highest BCUT2D eigenvalue weighted by Crippen LogP contribution is 2.28. The van der Waals surface area contributed by atoms with E-state index in [0.29, 0.717) is 36.9 Å². The molecule has 1 amide bonds. The van der Waals surface area contributed by atoms with Gasteiger partial charge in [0.05, 0.1) is 30.5 Å². The minimum atomic E-state index is 0.0713. The molecule has 1 heterocycles. The fraction of sp³-hybridized carbons (Fsp3) is 0.364. The van der Waals surface area contributed by atoms with Crippen molar-refractivity contribution in [1.82, 2.24) is 14.9 Å². The number of hydrogen-bond donors (Lipinski definition) is 1. The van der Waals surface area contributed by atoms with Gasteiger partial charge in [-0.15, -0.1) is 0 Å². The van der Waals surface area contributed by atoms with Crippen molar-refractivity contribution in [3.63, 3.8) is 0 Å². The summed E-state index contributed by atoms with van der Waals surface area (Å²) in [5, 5.41) is 0.762. The molecular formula is C22H27N3O3S. The molecule has 0 bridgehead atoms. The van der Waals surface area contributed by atoms with Crippen molar-refractivity contribution in [3.05, 3.63) is 47.5 Å². The maximum atomic E-state index is 12.8. The summed E-state index contributed by atoms with van der Waals surface area (Å²) in [6.07, 6.45) is 0. The summed E-state index contributed by atoms with van der Waals surface area (Å²) >= 11 is 1.43. The quantitative estimate of drug-likeness (QED) is 0.526. The molecule has 0 spiro atoms. The van der Waals surface area contributed by atoms with Crippen LogP contribution in [0.4, 0.5) is 0 Å². The average molecular weight is 414 g/mol. The number of nitrogens with one attached hydrogen (secondary N) is 1. The van der Waals surface area contributed by atoms with Gasteiger partial charge in [0.25, 0.3) is 0 Å². The van der Waals surface area contributed by atoms with E-state index >= 15 is 0 Å². The third-order valence-corrected chi connectivity index (χ3v) is 5.44. The second-order valence-corrected chi connectivity index (χ2v) is 7.64. The van der Waals surface area contributed by atoms with Crippen LogP contribution >= 0.6 is 11.8 Å². The van der Waals surface area contributed by atoms with Crippen molar-refractivity contribution < 1.29 is 14.3 Å². The zero-order valence-electron chi connectivity index (χ0n) is 17.3. The molecule has 0 saturated heterocycles. The summed E-state index contributed by atoms with van der Waals surface area (Å²) in [7, 11) is 1.62. The van der Waals surface area contributed by atoms with Crippen molar-refractivity contribution >= 4 is 28.7 Å². The lowest BCUT2D eigenvalue weighted by atomic mass is 10.2. The monoisotopic (exact) mass is 413 g/mol. The summed E-state index contributed by atoms with van der Waals surface area (Å²) < 4.78 is 11.0. The number of fused-ring (bicyclic) bond motifs is 1. The Morgan fingerprint density at radius 2 is 2.00 bits per heavy atom. The van der Waals surface area contributed by atoms with Crippen LogP contribution in [-0.2, 0) is 11.3 Å². The van der Waals surface area contributed by atoms with Crippen LogP contribution < -0.4 is 9.47 Å². The molecule has 0 unspecified atom stereocenters. The molecule has 3 aromatic rings. The molecule has 1 aromatic heterocycles. The number of aryl methyl sites for hydroxylation is 1. The fourth-order valence-electron chi connectivity index (χ4n) is 3.07. The lowest BCUT2D eigenvalue weighted by molar-refractivity contribution is -0.128. The highest BCUT2D eigenvalue weighted by atomic mass is 32.2. The molecule has 0 aliphatic carbocycles. The van der Waals surface area contributed by atoms with Gasteiger partial charge < -0.3 is 19.4 Å². The Morgan fingerprint density at radius 3 is 2.72 bits per heavy atom. The zero-order chi connectivity index (χ0) is 20.8. The first kappa shape index (κ1) is 21.0. The summed E-state index contributed by atoms with van der Waals surface area (Å²) in [4.78, 5) is 22.4. The number of benzene rings is 2. The van der Waals surface area contributed by atoms with Gasteiger partial charge in [0.1, 0.15) is 0 Å². The number of H-pyrrole nitrogens is 1. The normalized spacial score (nSPS) is 10.9. The van der Waals surface area contributed by atoms with Crippen molar-refractivity contribution in [1.29, 1.82) is 0 Å². The Kier molecular flexibility index (Phi) is 7.04. The Balaban J connectivity index is 1.63. The minimum Gasteiger partial charge on any atom is -0.493 e. The van der Waals surface area contributed by atoms with Crippen LogP contribution in [0.15, 0.2) is 41.6 Å². The van der Waals surface area contributed by atoms with Crippen LogP contribution in [0.3, 0.4) is 0 Å². The topological polar surface area (TPSA) is 67.5 Å². The van der Waals surface area contributed by atoms with Crippen molar-refractivity contribution in [3.8, 4) is 11.5 Å². The summed E-state index contributed by atoms with van der Waals surface area (Å²) in [6, 6.07) is 11.9. The van der Waals surface area contributed by atoms with Crippen molar-refractivity contribution in [2.75, 3.05) is 26.0 Å². The van der Waals surface area contributed by atoms with Gasteiger partial charge >= 0.3 is 0 Å². The molecule has 6 nitrogen and oxygen atoms in total. The van der Waals surface area contributed by atoms with Crippen LogP contribution in [0.2, 0.25) is 0 Å². The van der Waals surface area contributed by atoms with Gasteiger partial charge in [0.15, 0.2) is 16.7 Å². The molecule has 3 rings (SSSR count). The third kappa shape index (κ3) is 5.23. The number of carbonyl (C=O) groups is 1. The fourth-order valence-corrected chi connectivity index (χ4v) is 3.86. The molecule has 2 aromatic carbocycles. The first-order valence-electron chi connectivity index (χ1n) is 9.70. The number of imidazole rings is 1. The predicted molar refractivity (Wildman–Crippen MR) is 117 cm³/mol. The van der Waals surface area contributed by atoms with Gasteiger partial charge in [0.2, 0.25) is 5.91 Å². The number of nitrogens with zero attached hydrogens (tertiary/aromatic N) is 2. The number of aromatic nitrogens is 2. The summed E-state index contributed by atoms with van der Waals surface area (Å²) in [5.74, 6) is 1.80. The van der Waals surface area contributed by atoms with Crippen LogP contribution in [0.5, 0.6) is 11.5 Å². The zero-order valence-corrected chi connectivity index (χ0v) is 18.1. The van der Waals surface area contributed by atoms with Crippen LogP contribution in [-0.4, -0.2) is 46.8 Å². The van der Waals surface area contributed by atoms with E-state index in [2.05, 4.69) is 16.0 Å². The Morgan fingerprint density at radius 1 is 1.17 bits per heavy atom. The molecule has 1 N–H and O–H groups in total. The molecular weight excluding hydrogens is 386 g/mol. The number of thioether (sulfide) groups is 1. The molecule has 0 aliphatic rings. The molecule has 154 valence electrons. The number of ether oxygens (including phenoxy) is 2. The first-order chi connectivity index (χ1) is 14.0. The van der Waals surface area contributed by atoms with Gasteiger partial charge in [-0.1, -0.05) is 23.9 Å². The molecule has 0 radical (unpaired) electrons. The number of rotatable bonds is 9. The maximum absolute atomic E-state index is 12.8. The second-order valence-electron chi connectivity index (χ2n) is 6.68. The van der Waals surface area contributed by atoms with Gasteiger partial charge in [-0.25, -0.2) is 4.98 Å². The highest BCUT2D eigenvalue weighted by Gasteiger charge is 2.15. The minimum absolute atomic E-state index is 0.0713. The maximum Gasteiger partial charge on any atom is 0.233 e. The summed E-state index contributed by atoms with van der Waals surface area (Å²) in [6.45, 7) is 7.70. The van der Waals surface area contributed by atoms with Gasteiger partial charge in [-0.05, 0) is 56.2 Å². The van der Waals surface area contributed by atoms with Crippen LogP contribution in [0, 0.1) is 6.92 Å². The highest BCUT2D eigenvalue weighted by molar-refractivity contribution is 7.99.